The van der Waals surface area contributed by atoms with Crippen LogP contribution in [0.5, 0.6) is 5.75 Å². The molecule has 2 atom stereocenters. The fraction of sp³-hybridized carbons (Fsp3) is 0.154. The molecular weight excluding hydrogens is 408 g/mol. The van der Waals surface area contributed by atoms with E-state index >= 15 is 0 Å². The molecule has 3 aromatic carbocycles. The van der Waals surface area contributed by atoms with Crippen molar-refractivity contribution in [3.8, 4) is 5.75 Å². The summed E-state index contributed by atoms with van der Waals surface area (Å²) in [6.45, 7) is 0. The van der Waals surface area contributed by atoms with E-state index in [0.717, 1.165) is 17.9 Å². The van der Waals surface area contributed by atoms with Crippen molar-refractivity contribution < 1.29 is 9.47 Å². The van der Waals surface area contributed by atoms with Crippen molar-refractivity contribution in [1.29, 1.82) is 0 Å². The molecule has 2 nitrogen and oxygen atoms in total. The van der Waals surface area contributed by atoms with Gasteiger partial charge in [-0.2, -0.15) is 0 Å². The van der Waals surface area contributed by atoms with E-state index in [1.165, 1.54) is 19.6 Å². The number of methoxy groups -OCH3 is 2. The predicted octanol–water partition coefficient (Wildman–Crippen LogP) is 6.74. The van der Waals surface area contributed by atoms with Gasteiger partial charge in [0.15, 0.2) is 15.0 Å². The highest BCUT2D eigenvalue weighted by atomic mass is 32.2. The molecule has 0 saturated heterocycles. The van der Waals surface area contributed by atoms with Crippen LogP contribution in [0.2, 0.25) is 0 Å². The highest BCUT2D eigenvalue weighted by Gasteiger charge is 2.34. The summed E-state index contributed by atoms with van der Waals surface area (Å²) < 4.78 is 10.8. The molecule has 0 aromatic heterocycles. The molecule has 2 unspecified atom stereocenters. The lowest BCUT2D eigenvalue weighted by Gasteiger charge is -2.18. The van der Waals surface area contributed by atoms with E-state index in [0.29, 0.717) is 5.25 Å². The van der Waals surface area contributed by atoms with E-state index < -0.39 is 0 Å². The molecule has 0 heterocycles. The molecular formula is C26H25O2S2+. The average molecular weight is 434 g/mol. The Morgan fingerprint density at radius 2 is 1.40 bits per heavy atom. The Labute approximate surface area is 186 Å². The van der Waals surface area contributed by atoms with E-state index in [1.807, 2.05) is 0 Å². The zero-order valence-corrected chi connectivity index (χ0v) is 18.8. The van der Waals surface area contributed by atoms with E-state index in [4.69, 9.17) is 9.47 Å². The third-order valence-electron chi connectivity index (χ3n) is 4.93. The van der Waals surface area contributed by atoms with Crippen LogP contribution < -0.4 is 4.74 Å². The second-order valence-electron chi connectivity index (χ2n) is 6.84. The van der Waals surface area contributed by atoms with Crippen molar-refractivity contribution in [1.82, 2.24) is 0 Å². The fourth-order valence-corrected chi connectivity index (χ4v) is 6.59. The highest BCUT2D eigenvalue weighted by molar-refractivity contribution is 7.99. The molecule has 4 rings (SSSR count). The van der Waals surface area contributed by atoms with Gasteiger partial charge in [0.1, 0.15) is 11.5 Å². The van der Waals surface area contributed by atoms with Gasteiger partial charge in [0.05, 0.1) is 25.1 Å². The van der Waals surface area contributed by atoms with Crippen LogP contribution in [0.15, 0.2) is 122 Å². The third-order valence-corrected chi connectivity index (χ3v) is 8.47. The van der Waals surface area contributed by atoms with Crippen LogP contribution in [0.3, 0.4) is 0 Å². The lowest BCUT2D eigenvalue weighted by Crippen LogP contribution is -2.21. The van der Waals surface area contributed by atoms with Crippen molar-refractivity contribution in [3.05, 3.63) is 103 Å². The maximum Gasteiger partial charge on any atom is 0.161 e. The molecule has 0 spiro atoms. The number of rotatable bonds is 7. The Morgan fingerprint density at radius 1 is 0.767 bits per heavy atom. The SMILES string of the molecule is COC1=CCC([S+](c2ccc(OC)cc2)c2ccc(Sc3ccccc3)cc2)C=C1. The average Bonchev–Trinajstić information content (AvgIpc) is 2.82. The summed E-state index contributed by atoms with van der Waals surface area (Å²) in [7, 11) is 3.36. The second-order valence-corrected chi connectivity index (χ2v) is 10.2. The summed E-state index contributed by atoms with van der Waals surface area (Å²) in [4.78, 5) is 5.18. The Morgan fingerprint density at radius 3 is 1.97 bits per heavy atom. The van der Waals surface area contributed by atoms with E-state index in [1.54, 1.807) is 26.0 Å². The van der Waals surface area contributed by atoms with Gasteiger partial charge in [0, 0.05) is 16.2 Å². The molecule has 1 aliphatic rings. The van der Waals surface area contributed by atoms with Gasteiger partial charge >= 0.3 is 0 Å². The molecule has 0 bridgehead atoms. The highest BCUT2D eigenvalue weighted by Crippen LogP contribution is 2.35. The summed E-state index contributed by atoms with van der Waals surface area (Å²) >= 11 is 1.79. The van der Waals surface area contributed by atoms with Gasteiger partial charge in [-0.05, 0) is 78.9 Å². The number of hydrogen-bond donors (Lipinski definition) is 0. The van der Waals surface area contributed by atoms with Crippen LogP contribution in [-0.2, 0) is 15.6 Å². The van der Waals surface area contributed by atoms with Gasteiger partial charge in [-0.3, -0.25) is 0 Å². The van der Waals surface area contributed by atoms with Crippen molar-refractivity contribution in [2.24, 2.45) is 0 Å². The lowest BCUT2D eigenvalue weighted by molar-refractivity contribution is 0.304. The van der Waals surface area contributed by atoms with Crippen LogP contribution in [0, 0.1) is 0 Å². The number of allylic oxidation sites excluding steroid dienone is 2. The van der Waals surface area contributed by atoms with Gasteiger partial charge in [0.2, 0.25) is 0 Å². The molecule has 3 aromatic rings. The lowest BCUT2D eigenvalue weighted by atomic mass is 10.2. The van der Waals surface area contributed by atoms with E-state index in [2.05, 4.69) is 97.1 Å². The minimum absolute atomic E-state index is 0.0714. The topological polar surface area (TPSA) is 18.5 Å². The largest absolute Gasteiger partial charge is 0.497 e. The summed E-state index contributed by atoms with van der Waals surface area (Å²) in [5.41, 5.74) is 0. The van der Waals surface area contributed by atoms with Crippen molar-refractivity contribution >= 4 is 22.7 Å². The maximum atomic E-state index is 5.39. The Kier molecular flexibility index (Phi) is 6.88. The summed E-state index contributed by atoms with van der Waals surface area (Å²) in [5.74, 6) is 1.83. The minimum atomic E-state index is -0.0714. The van der Waals surface area contributed by atoms with E-state index in [9.17, 15) is 0 Å². The summed E-state index contributed by atoms with van der Waals surface area (Å²) in [6, 6.07) is 28.0. The Hall–Kier alpha value is -2.56. The first kappa shape index (κ1) is 20.7. The van der Waals surface area contributed by atoms with Crippen LogP contribution in [0.1, 0.15) is 6.42 Å². The zero-order chi connectivity index (χ0) is 20.8. The van der Waals surface area contributed by atoms with Gasteiger partial charge in [-0.25, -0.2) is 0 Å². The molecule has 0 aliphatic heterocycles. The monoisotopic (exact) mass is 433 g/mol. The third kappa shape index (κ3) is 4.94. The summed E-state index contributed by atoms with van der Waals surface area (Å²) in [6.07, 6.45) is 7.54. The first-order valence-electron chi connectivity index (χ1n) is 9.89. The van der Waals surface area contributed by atoms with Gasteiger partial charge in [0.25, 0.3) is 0 Å². The maximum absolute atomic E-state index is 5.39. The van der Waals surface area contributed by atoms with Crippen LogP contribution >= 0.6 is 11.8 Å². The zero-order valence-electron chi connectivity index (χ0n) is 17.2. The van der Waals surface area contributed by atoms with Gasteiger partial charge < -0.3 is 9.47 Å². The first-order chi connectivity index (χ1) is 14.8. The van der Waals surface area contributed by atoms with Crippen LogP contribution in [0.4, 0.5) is 0 Å². The molecule has 0 saturated carbocycles. The van der Waals surface area contributed by atoms with Crippen molar-refractivity contribution in [3.63, 3.8) is 0 Å². The summed E-state index contributed by atoms with van der Waals surface area (Å²) in [5, 5.41) is 0.407. The number of benzene rings is 3. The van der Waals surface area contributed by atoms with Crippen molar-refractivity contribution in [2.45, 2.75) is 31.3 Å². The number of hydrogen-bond acceptors (Lipinski definition) is 3. The second kappa shape index (κ2) is 9.96. The van der Waals surface area contributed by atoms with Gasteiger partial charge in [-0.1, -0.05) is 30.0 Å². The standard InChI is InChI=1S/C26H25O2S2/c1-27-20-8-14-24(15-9-20)30(25-16-10-21(28-2)11-17-25)26-18-12-23(13-19-26)29-22-6-4-3-5-7-22/h3-16,18-19,25H,17H2,1-2H3/q+1. The van der Waals surface area contributed by atoms with Gasteiger partial charge in [-0.15, -0.1) is 0 Å². The number of ether oxygens (including phenoxy) is 2. The molecule has 4 heteroatoms. The molecule has 30 heavy (non-hydrogen) atoms. The predicted molar refractivity (Wildman–Crippen MR) is 127 cm³/mol. The van der Waals surface area contributed by atoms with Crippen LogP contribution in [0.25, 0.3) is 0 Å². The normalized spacial score (nSPS) is 16.6. The first-order valence-corrected chi connectivity index (χ1v) is 12.0. The minimum Gasteiger partial charge on any atom is -0.497 e. The molecule has 0 fully saturated rings. The smallest absolute Gasteiger partial charge is 0.161 e. The Bertz CT molecular complexity index is 1010. The molecule has 0 N–H and O–H groups in total. The molecule has 152 valence electrons. The van der Waals surface area contributed by atoms with E-state index in [-0.39, 0.29) is 10.9 Å². The fourth-order valence-electron chi connectivity index (χ4n) is 3.39. The molecule has 1 aliphatic carbocycles. The van der Waals surface area contributed by atoms with Crippen molar-refractivity contribution in [2.75, 3.05) is 14.2 Å². The quantitative estimate of drug-likeness (QED) is 0.384. The molecule has 0 amide bonds. The van der Waals surface area contributed by atoms with Crippen LogP contribution in [-0.4, -0.2) is 19.5 Å². The molecule has 0 radical (unpaired) electrons. The Balaban J connectivity index is 1.61.